The topological polar surface area (TPSA) is 23.6 Å². The molecule has 27 heavy (non-hydrogen) atoms. The van der Waals surface area contributed by atoms with E-state index in [0.717, 1.165) is 12.8 Å². The molecule has 146 valence electrons. The first-order valence-corrected chi connectivity index (χ1v) is 9.97. The Morgan fingerprint density at radius 1 is 0.778 bits per heavy atom. The molecule has 0 radical (unpaired) electrons. The van der Waals surface area contributed by atoms with Gasteiger partial charge in [0.25, 0.3) is 0 Å². The van der Waals surface area contributed by atoms with Crippen LogP contribution in [-0.4, -0.2) is 34.5 Å². The minimum atomic E-state index is 0.00645. The molecule has 2 aromatic rings. The van der Waals surface area contributed by atoms with E-state index in [1.807, 2.05) is 28.2 Å². The van der Waals surface area contributed by atoms with Gasteiger partial charge in [0.15, 0.2) is 0 Å². The van der Waals surface area contributed by atoms with Crippen LogP contribution < -0.4 is 9.80 Å². The van der Waals surface area contributed by atoms with Crippen molar-refractivity contribution in [2.75, 3.05) is 38.0 Å². The Balaban J connectivity index is 2.38. The normalized spacial score (nSPS) is 12.1. The standard InChI is InChI=1S/C24H34N2O/c1-6-7-8-9-21(18-27)24(19-10-14-22(15-11-19)25(2)3)20-12-16-23(17-13-20)26(4)5/h10-18,21,24H,6-9H2,1-5H3. The Labute approximate surface area is 165 Å². The van der Waals surface area contributed by atoms with E-state index in [1.54, 1.807) is 0 Å². The number of hydrogen-bond donors (Lipinski definition) is 0. The minimum Gasteiger partial charge on any atom is -0.378 e. The van der Waals surface area contributed by atoms with E-state index in [0.29, 0.717) is 0 Å². The molecular weight excluding hydrogens is 332 g/mol. The Bertz CT molecular complexity index is 638. The summed E-state index contributed by atoms with van der Waals surface area (Å²) in [6.07, 6.45) is 5.55. The molecule has 2 aromatic carbocycles. The van der Waals surface area contributed by atoms with Gasteiger partial charge in [-0.1, -0.05) is 50.5 Å². The Morgan fingerprint density at radius 3 is 1.56 bits per heavy atom. The molecule has 0 bridgehead atoms. The van der Waals surface area contributed by atoms with Gasteiger partial charge in [-0.05, 0) is 41.8 Å². The number of anilines is 2. The van der Waals surface area contributed by atoms with Gasteiger partial charge in [0.2, 0.25) is 0 Å². The van der Waals surface area contributed by atoms with Gasteiger partial charge in [0.1, 0.15) is 6.29 Å². The Kier molecular flexibility index (Phi) is 7.90. The number of carbonyl (C=O) groups is 1. The number of rotatable bonds is 10. The van der Waals surface area contributed by atoms with Gasteiger partial charge in [-0.3, -0.25) is 0 Å². The second-order valence-corrected chi connectivity index (χ2v) is 7.75. The van der Waals surface area contributed by atoms with E-state index in [9.17, 15) is 4.79 Å². The summed E-state index contributed by atoms with van der Waals surface area (Å²) in [6.45, 7) is 2.20. The maximum absolute atomic E-state index is 12.0. The van der Waals surface area contributed by atoms with Gasteiger partial charge in [-0.15, -0.1) is 0 Å². The van der Waals surface area contributed by atoms with Gasteiger partial charge in [0, 0.05) is 51.4 Å². The smallest absolute Gasteiger partial charge is 0.124 e. The molecule has 0 saturated heterocycles. The third kappa shape index (κ3) is 5.59. The fraction of sp³-hybridized carbons (Fsp3) is 0.458. The number of unbranched alkanes of at least 4 members (excludes halogenated alkanes) is 2. The number of carbonyl (C=O) groups excluding carboxylic acids is 1. The highest BCUT2D eigenvalue weighted by Crippen LogP contribution is 2.35. The van der Waals surface area contributed by atoms with E-state index in [4.69, 9.17) is 0 Å². The SMILES string of the molecule is CCCCCC(C=O)C(c1ccc(N(C)C)cc1)c1ccc(N(C)C)cc1. The van der Waals surface area contributed by atoms with Crippen molar-refractivity contribution in [2.45, 2.75) is 38.5 Å². The molecule has 1 unspecified atom stereocenters. The van der Waals surface area contributed by atoms with Crippen LogP contribution in [-0.2, 0) is 4.79 Å². The van der Waals surface area contributed by atoms with Gasteiger partial charge < -0.3 is 14.6 Å². The average molecular weight is 367 g/mol. The summed E-state index contributed by atoms with van der Waals surface area (Å²) in [5.41, 5.74) is 4.78. The summed E-state index contributed by atoms with van der Waals surface area (Å²) in [6, 6.07) is 17.3. The molecule has 0 aliphatic rings. The first kappa shape index (κ1) is 21.0. The summed E-state index contributed by atoms with van der Waals surface area (Å²) < 4.78 is 0. The third-order valence-corrected chi connectivity index (χ3v) is 5.28. The highest BCUT2D eigenvalue weighted by molar-refractivity contribution is 5.60. The first-order valence-electron chi connectivity index (χ1n) is 9.97. The van der Waals surface area contributed by atoms with Gasteiger partial charge in [-0.25, -0.2) is 0 Å². The molecule has 2 rings (SSSR count). The maximum Gasteiger partial charge on any atom is 0.124 e. The van der Waals surface area contributed by atoms with Crippen LogP contribution in [0.3, 0.4) is 0 Å². The zero-order valence-electron chi connectivity index (χ0n) is 17.5. The van der Waals surface area contributed by atoms with Crippen molar-refractivity contribution in [1.29, 1.82) is 0 Å². The van der Waals surface area contributed by atoms with E-state index < -0.39 is 0 Å². The highest BCUT2D eigenvalue weighted by atomic mass is 16.1. The van der Waals surface area contributed by atoms with E-state index >= 15 is 0 Å². The summed E-state index contributed by atoms with van der Waals surface area (Å²) in [5.74, 6) is 0.110. The van der Waals surface area contributed by atoms with Crippen molar-refractivity contribution in [3.05, 3.63) is 59.7 Å². The van der Waals surface area contributed by atoms with Crippen LogP contribution in [0.5, 0.6) is 0 Å². The lowest BCUT2D eigenvalue weighted by molar-refractivity contribution is -0.111. The molecule has 3 nitrogen and oxygen atoms in total. The number of aldehydes is 1. The lowest BCUT2D eigenvalue weighted by Gasteiger charge is -2.25. The van der Waals surface area contributed by atoms with Crippen molar-refractivity contribution in [3.63, 3.8) is 0 Å². The Hall–Kier alpha value is -2.29. The molecule has 3 heteroatoms. The maximum atomic E-state index is 12.0. The largest absolute Gasteiger partial charge is 0.378 e. The lowest BCUT2D eigenvalue weighted by atomic mass is 9.79. The molecule has 0 saturated carbocycles. The van der Waals surface area contributed by atoms with Crippen molar-refractivity contribution in [3.8, 4) is 0 Å². The average Bonchev–Trinajstić information content (AvgIpc) is 2.68. The molecule has 0 fully saturated rings. The highest BCUT2D eigenvalue weighted by Gasteiger charge is 2.24. The van der Waals surface area contributed by atoms with Crippen molar-refractivity contribution >= 4 is 17.7 Å². The van der Waals surface area contributed by atoms with Gasteiger partial charge in [-0.2, -0.15) is 0 Å². The van der Waals surface area contributed by atoms with Crippen molar-refractivity contribution in [2.24, 2.45) is 5.92 Å². The van der Waals surface area contributed by atoms with E-state index in [1.165, 1.54) is 41.6 Å². The van der Waals surface area contributed by atoms with Crippen molar-refractivity contribution in [1.82, 2.24) is 0 Å². The zero-order valence-corrected chi connectivity index (χ0v) is 17.5. The van der Waals surface area contributed by atoms with Crippen LogP contribution in [0.4, 0.5) is 11.4 Å². The van der Waals surface area contributed by atoms with E-state index in [-0.39, 0.29) is 11.8 Å². The first-order chi connectivity index (χ1) is 13.0. The lowest BCUT2D eigenvalue weighted by Crippen LogP contribution is -2.17. The van der Waals surface area contributed by atoms with Crippen LogP contribution in [0.25, 0.3) is 0 Å². The summed E-state index contributed by atoms with van der Waals surface area (Å²) >= 11 is 0. The number of nitrogens with zero attached hydrogens (tertiary/aromatic N) is 2. The van der Waals surface area contributed by atoms with Crippen LogP contribution in [0.15, 0.2) is 48.5 Å². The number of hydrogen-bond acceptors (Lipinski definition) is 3. The number of benzene rings is 2. The summed E-state index contributed by atoms with van der Waals surface area (Å²) in [7, 11) is 8.19. The summed E-state index contributed by atoms with van der Waals surface area (Å²) in [5, 5.41) is 0. The zero-order chi connectivity index (χ0) is 19.8. The third-order valence-electron chi connectivity index (χ3n) is 5.28. The molecule has 0 heterocycles. The van der Waals surface area contributed by atoms with Crippen LogP contribution >= 0.6 is 0 Å². The second kappa shape index (κ2) is 10.1. The fourth-order valence-corrected chi connectivity index (χ4v) is 3.59. The van der Waals surface area contributed by atoms with Crippen LogP contribution in [0, 0.1) is 5.92 Å². The summed E-state index contributed by atoms with van der Waals surface area (Å²) in [4.78, 5) is 16.2. The van der Waals surface area contributed by atoms with Crippen LogP contribution in [0.1, 0.15) is 49.7 Å². The molecule has 0 aromatic heterocycles. The molecule has 0 aliphatic heterocycles. The van der Waals surface area contributed by atoms with E-state index in [2.05, 4.69) is 65.3 Å². The van der Waals surface area contributed by atoms with Gasteiger partial charge in [0.05, 0.1) is 0 Å². The molecule has 0 spiro atoms. The molecule has 1 atom stereocenters. The molecule has 0 aliphatic carbocycles. The predicted octanol–water partition coefficient (Wildman–Crippen LogP) is 5.35. The monoisotopic (exact) mass is 366 g/mol. The second-order valence-electron chi connectivity index (χ2n) is 7.75. The van der Waals surface area contributed by atoms with Crippen LogP contribution in [0.2, 0.25) is 0 Å². The fourth-order valence-electron chi connectivity index (χ4n) is 3.59. The molecule has 0 N–H and O–H groups in total. The minimum absolute atomic E-state index is 0.00645. The quantitative estimate of drug-likeness (QED) is 0.418. The van der Waals surface area contributed by atoms with Gasteiger partial charge >= 0.3 is 0 Å². The Morgan fingerprint density at radius 2 is 1.22 bits per heavy atom. The molecule has 0 amide bonds. The molecular formula is C24H34N2O. The van der Waals surface area contributed by atoms with Crippen molar-refractivity contribution < 1.29 is 4.79 Å². The predicted molar refractivity (Wildman–Crippen MR) is 117 cm³/mol.